The Labute approximate surface area is 158 Å². The van der Waals surface area contributed by atoms with Gasteiger partial charge in [0.05, 0.1) is 6.04 Å². The van der Waals surface area contributed by atoms with Gasteiger partial charge in [-0.2, -0.15) is 4.52 Å². The minimum Gasteiger partial charge on any atom is -0.355 e. The number of carbonyl (C=O) groups is 1. The van der Waals surface area contributed by atoms with E-state index in [2.05, 4.69) is 25.5 Å². The lowest BCUT2D eigenvalue weighted by molar-refractivity contribution is -0.126. The zero-order chi connectivity index (χ0) is 18.8. The van der Waals surface area contributed by atoms with Crippen LogP contribution in [-0.2, 0) is 4.79 Å². The first-order chi connectivity index (χ1) is 13.1. The second-order valence-electron chi connectivity index (χ2n) is 7.11. The van der Waals surface area contributed by atoms with Crippen molar-refractivity contribution < 1.29 is 4.79 Å². The summed E-state index contributed by atoms with van der Waals surface area (Å²) in [5.41, 5.74) is 1.88. The molecule has 7 nitrogen and oxygen atoms in total. The summed E-state index contributed by atoms with van der Waals surface area (Å²) in [4.78, 5) is 14.9. The molecule has 3 heterocycles. The van der Waals surface area contributed by atoms with Gasteiger partial charge in [-0.05, 0) is 44.4 Å². The van der Waals surface area contributed by atoms with E-state index in [-0.39, 0.29) is 17.9 Å². The van der Waals surface area contributed by atoms with Crippen molar-refractivity contribution in [1.82, 2.24) is 25.1 Å². The van der Waals surface area contributed by atoms with Gasteiger partial charge in [-0.15, -0.1) is 15.3 Å². The molecule has 4 rings (SSSR count). The van der Waals surface area contributed by atoms with Crippen LogP contribution in [-0.4, -0.2) is 38.8 Å². The van der Waals surface area contributed by atoms with E-state index in [0.29, 0.717) is 0 Å². The molecule has 1 aromatic carbocycles. The van der Waals surface area contributed by atoms with Crippen molar-refractivity contribution in [3.63, 3.8) is 0 Å². The van der Waals surface area contributed by atoms with E-state index in [1.54, 1.807) is 4.52 Å². The van der Waals surface area contributed by atoms with Crippen molar-refractivity contribution >= 4 is 17.4 Å². The van der Waals surface area contributed by atoms with Crippen LogP contribution >= 0.6 is 0 Å². The van der Waals surface area contributed by atoms with Crippen LogP contribution in [0.15, 0.2) is 42.5 Å². The standard InChI is InChI=1S/C20H24N6O/c1-14(16-6-4-3-5-7-16)21-20(27)17-10-12-25(13-11-17)19-9-8-18-23-22-15(2)26(18)24-19/h3-9,14,17H,10-13H2,1-2H3,(H,21,27)/t14-/m1/s1. The maximum atomic E-state index is 12.6. The third-order valence-corrected chi connectivity index (χ3v) is 5.25. The zero-order valence-electron chi connectivity index (χ0n) is 15.7. The number of nitrogens with one attached hydrogen (secondary N) is 1. The SMILES string of the molecule is Cc1nnc2ccc(N3CCC(C(=O)N[C@H](C)c4ccccc4)CC3)nn12. The van der Waals surface area contributed by atoms with Gasteiger partial charge >= 0.3 is 0 Å². The highest BCUT2D eigenvalue weighted by molar-refractivity contribution is 5.79. The molecule has 1 aliphatic rings. The van der Waals surface area contributed by atoms with Crippen LogP contribution in [0.3, 0.4) is 0 Å². The smallest absolute Gasteiger partial charge is 0.223 e. The predicted octanol–water partition coefficient (Wildman–Crippen LogP) is 2.53. The maximum Gasteiger partial charge on any atom is 0.223 e. The molecule has 0 saturated carbocycles. The van der Waals surface area contributed by atoms with Crippen molar-refractivity contribution in [2.45, 2.75) is 32.7 Å². The van der Waals surface area contributed by atoms with Crippen molar-refractivity contribution in [1.29, 1.82) is 0 Å². The number of anilines is 1. The van der Waals surface area contributed by atoms with Crippen molar-refractivity contribution in [2.75, 3.05) is 18.0 Å². The molecule has 1 aliphatic heterocycles. The quantitative estimate of drug-likeness (QED) is 0.770. The third-order valence-electron chi connectivity index (χ3n) is 5.25. The highest BCUT2D eigenvalue weighted by Gasteiger charge is 2.26. The Morgan fingerprint density at radius 1 is 1.11 bits per heavy atom. The molecule has 1 atom stereocenters. The van der Waals surface area contributed by atoms with Crippen LogP contribution in [0.2, 0.25) is 0 Å². The summed E-state index contributed by atoms with van der Waals surface area (Å²) < 4.78 is 1.76. The number of benzene rings is 1. The van der Waals surface area contributed by atoms with Crippen molar-refractivity contribution in [3.8, 4) is 0 Å². The van der Waals surface area contributed by atoms with E-state index in [1.165, 1.54) is 0 Å². The summed E-state index contributed by atoms with van der Waals surface area (Å²) in [7, 11) is 0. The Bertz CT molecular complexity index is 930. The summed E-state index contributed by atoms with van der Waals surface area (Å²) >= 11 is 0. The van der Waals surface area contributed by atoms with E-state index in [0.717, 1.165) is 48.8 Å². The minimum absolute atomic E-state index is 0.0255. The number of aromatic nitrogens is 4. The van der Waals surface area contributed by atoms with Crippen LogP contribution in [0.5, 0.6) is 0 Å². The Balaban J connectivity index is 1.36. The number of carbonyl (C=O) groups excluding carboxylic acids is 1. The fraction of sp³-hybridized carbons (Fsp3) is 0.400. The van der Waals surface area contributed by atoms with Gasteiger partial charge in [0, 0.05) is 19.0 Å². The Kier molecular flexibility index (Phi) is 4.75. The average Bonchev–Trinajstić information content (AvgIpc) is 3.09. The van der Waals surface area contributed by atoms with Gasteiger partial charge in [0.15, 0.2) is 11.5 Å². The number of amides is 1. The van der Waals surface area contributed by atoms with E-state index in [4.69, 9.17) is 0 Å². The van der Waals surface area contributed by atoms with Crippen molar-refractivity contribution in [2.24, 2.45) is 5.92 Å². The van der Waals surface area contributed by atoms with Crippen LogP contribution in [0, 0.1) is 12.8 Å². The lowest BCUT2D eigenvalue weighted by Gasteiger charge is -2.32. The number of piperidine rings is 1. The van der Waals surface area contributed by atoms with Crippen LogP contribution in [0.1, 0.15) is 37.2 Å². The zero-order valence-corrected chi connectivity index (χ0v) is 15.7. The molecule has 1 N–H and O–H groups in total. The first kappa shape index (κ1) is 17.5. The predicted molar refractivity (Wildman–Crippen MR) is 103 cm³/mol. The molecule has 0 aliphatic carbocycles. The number of fused-ring (bicyclic) bond motifs is 1. The molecule has 7 heteroatoms. The molecular weight excluding hydrogens is 340 g/mol. The third kappa shape index (κ3) is 3.63. The van der Waals surface area contributed by atoms with Gasteiger partial charge < -0.3 is 10.2 Å². The first-order valence-electron chi connectivity index (χ1n) is 9.41. The van der Waals surface area contributed by atoms with Gasteiger partial charge in [-0.3, -0.25) is 4.79 Å². The van der Waals surface area contributed by atoms with E-state index in [9.17, 15) is 4.79 Å². The number of hydrogen-bond donors (Lipinski definition) is 1. The van der Waals surface area contributed by atoms with Gasteiger partial charge in [-0.25, -0.2) is 0 Å². The minimum atomic E-state index is 0.0255. The van der Waals surface area contributed by atoms with Crippen LogP contribution < -0.4 is 10.2 Å². The summed E-state index contributed by atoms with van der Waals surface area (Å²) in [6, 6.07) is 14.0. The lowest BCUT2D eigenvalue weighted by Crippen LogP contribution is -2.41. The molecular formula is C20H24N6O. The number of hydrogen-bond acceptors (Lipinski definition) is 5. The number of aryl methyl sites for hydroxylation is 1. The average molecular weight is 364 g/mol. The molecule has 2 aromatic heterocycles. The highest BCUT2D eigenvalue weighted by Crippen LogP contribution is 2.23. The van der Waals surface area contributed by atoms with Gasteiger partial charge in [0.25, 0.3) is 0 Å². The van der Waals surface area contributed by atoms with Gasteiger partial charge in [0.2, 0.25) is 5.91 Å². The summed E-state index contributed by atoms with van der Waals surface area (Å²) in [5.74, 6) is 1.87. The first-order valence-corrected chi connectivity index (χ1v) is 9.41. The van der Waals surface area contributed by atoms with Crippen LogP contribution in [0.25, 0.3) is 5.65 Å². The molecule has 0 bridgehead atoms. The fourth-order valence-corrected chi connectivity index (χ4v) is 3.58. The largest absolute Gasteiger partial charge is 0.355 e. The number of rotatable bonds is 4. The van der Waals surface area contributed by atoms with E-state index < -0.39 is 0 Å². The Hall–Kier alpha value is -2.96. The molecule has 3 aromatic rings. The summed E-state index contributed by atoms with van der Waals surface area (Å²) in [6.07, 6.45) is 1.66. The second-order valence-corrected chi connectivity index (χ2v) is 7.11. The fourth-order valence-electron chi connectivity index (χ4n) is 3.58. The van der Waals surface area contributed by atoms with E-state index >= 15 is 0 Å². The van der Waals surface area contributed by atoms with Gasteiger partial charge in [-0.1, -0.05) is 30.3 Å². The van der Waals surface area contributed by atoms with Crippen molar-refractivity contribution in [3.05, 3.63) is 53.9 Å². The monoisotopic (exact) mass is 364 g/mol. The van der Waals surface area contributed by atoms with Crippen LogP contribution in [0.4, 0.5) is 5.82 Å². The topological polar surface area (TPSA) is 75.4 Å². The molecule has 1 saturated heterocycles. The number of nitrogens with zero attached hydrogens (tertiary/aromatic N) is 5. The normalized spacial score (nSPS) is 16.4. The van der Waals surface area contributed by atoms with E-state index in [1.807, 2.05) is 56.3 Å². The highest BCUT2D eigenvalue weighted by atomic mass is 16.1. The van der Waals surface area contributed by atoms with Gasteiger partial charge in [0.1, 0.15) is 5.82 Å². The molecule has 0 radical (unpaired) electrons. The molecule has 1 fully saturated rings. The Morgan fingerprint density at radius 3 is 2.59 bits per heavy atom. The summed E-state index contributed by atoms with van der Waals surface area (Å²) in [5, 5.41) is 15.9. The molecule has 0 spiro atoms. The molecule has 27 heavy (non-hydrogen) atoms. The lowest BCUT2D eigenvalue weighted by atomic mass is 9.95. The maximum absolute atomic E-state index is 12.6. The molecule has 140 valence electrons. The second kappa shape index (κ2) is 7.34. The molecule has 1 amide bonds. The Morgan fingerprint density at radius 2 is 1.85 bits per heavy atom. The summed E-state index contributed by atoms with van der Waals surface area (Å²) in [6.45, 7) is 5.55. The molecule has 0 unspecified atom stereocenters.